The normalized spacial score (nSPS) is 12.3. The number of aromatic nitrogens is 1. The van der Waals surface area contributed by atoms with Crippen LogP contribution in [0.3, 0.4) is 0 Å². The number of nitrogens with zero attached hydrogens (tertiary/aromatic N) is 1. The smallest absolute Gasteiger partial charge is 0.195 e. The molecule has 0 saturated carbocycles. The SMILES string of the molecule is NCC(c1ccccc1)[n+]1ccc(N)cc1. The van der Waals surface area contributed by atoms with E-state index in [-0.39, 0.29) is 6.04 Å². The van der Waals surface area contributed by atoms with Crippen LogP contribution in [0.4, 0.5) is 5.69 Å². The quantitative estimate of drug-likeness (QED) is 0.752. The van der Waals surface area contributed by atoms with Crippen molar-refractivity contribution in [3.63, 3.8) is 0 Å². The van der Waals surface area contributed by atoms with Gasteiger partial charge in [0.2, 0.25) is 0 Å². The van der Waals surface area contributed by atoms with Crippen LogP contribution in [0.1, 0.15) is 11.6 Å². The Bertz CT molecular complexity index is 436. The molecule has 3 nitrogen and oxygen atoms in total. The van der Waals surface area contributed by atoms with Gasteiger partial charge in [-0.3, -0.25) is 0 Å². The van der Waals surface area contributed by atoms with E-state index < -0.39 is 0 Å². The second-order valence-electron chi connectivity index (χ2n) is 3.74. The molecular weight excluding hydrogens is 198 g/mol. The fourth-order valence-corrected chi connectivity index (χ4v) is 1.76. The first kappa shape index (κ1) is 10.6. The van der Waals surface area contributed by atoms with Gasteiger partial charge < -0.3 is 11.5 Å². The van der Waals surface area contributed by atoms with Gasteiger partial charge in [-0.15, -0.1) is 0 Å². The molecule has 2 aromatic rings. The van der Waals surface area contributed by atoms with Crippen LogP contribution in [-0.2, 0) is 0 Å². The summed E-state index contributed by atoms with van der Waals surface area (Å²) in [4.78, 5) is 0. The molecule has 82 valence electrons. The second-order valence-corrected chi connectivity index (χ2v) is 3.74. The van der Waals surface area contributed by atoms with Crippen LogP contribution in [0.15, 0.2) is 54.9 Å². The Kier molecular flexibility index (Phi) is 3.17. The maximum Gasteiger partial charge on any atom is 0.195 e. The van der Waals surface area contributed by atoms with E-state index in [2.05, 4.69) is 16.7 Å². The summed E-state index contributed by atoms with van der Waals surface area (Å²) in [7, 11) is 0. The molecule has 0 radical (unpaired) electrons. The van der Waals surface area contributed by atoms with Crippen LogP contribution in [0, 0.1) is 0 Å². The molecule has 3 heteroatoms. The molecule has 1 atom stereocenters. The predicted octanol–water partition coefficient (Wildman–Crippen LogP) is 1.10. The number of hydrogen-bond acceptors (Lipinski definition) is 2. The van der Waals surface area contributed by atoms with Crippen molar-refractivity contribution in [2.45, 2.75) is 6.04 Å². The molecule has 16 heavy (non-hydrogen) atoms. The molecule has 1 unspecified atom stereocenters. The Labute approximate surface area is 95.3 Å². The van der Waals surface area contributed by atoms with Gasteiger partial charge in [0.05, 0.1) is 6.54 Å². The number of hydrogen-bond donors (Lipinski definition) is 2. The molecule has 0 saturated heterocycles. The summed E-state index contributed by atoms with van der Waals surface area (Å²) >= 11 is 0. The standard InChI is InChI=1S/C13H15N3/c14-10-13(11-4-2-1-3-5-11)16-8-6-12(15)7-9-16/h1-9,13,15H,10,14H2/p+1. The van der Waals surface area contributed by atoms with Gasteiger partial charge in [0.25, 0.3) is 0 Å². The highest BCUT2D eigenvalue weighted by Gasteiger charge is 2.17. The maximum atomic E-state index is 5.82. The number of benzene rings is 1. The van der Waals surface area contributed by atoms with Crippen LogP contribution < -0.4 is 16.0 Å². The Morgan fingerprint density at radius 1 is 1.00 bits per heavy atom. The summed E-state index contributed by atoms with van der Waals surface area (Å²) < 4.78 is 2.08. The Balaban J connectivity index is 2.33. The third-order valence-electron chi connectivity index (χ3n) is 2.65. The van der Waals surface area contributed by atoms with Crippen molar-refractivity contribution in [2.75, 3.05) is 12.3 Å². The number of nitrogens with two attached hydrogens (primary N) is 2. The van der Waals surface area contributed by atoms with Crippen LogP contribution in [0.2, 0.25) is 0 Å². The minimum Gasteiger partial charge on any atom is -0.398 e. The molecule has 0 spiro atoms. The molecule has 4 N–H and O–H groups in total. The van der Waals surface area contributed by atoms with Crippen molar-refractivity contribution in [3.8, 4) is 0 Å². The number of nitrogen functional groups attached to an aromatic ring is 1. The van der Waals surface area contributed by atoms with Crippen molar-refractivity contribution in [2.24, 2.45) is 5.73 Å². The van der Waals surface area contributed by atoms with Crippen molar-refractivity contribution < 1.29 is 4.57 Å². The lowest BCUT2D eigenvalue weighted by molar-refractivity contribution is -0.711. The summed E-state index contributed by atoms with van der Waals surface area (Å²) in [6.07, 6.45) is 3.92. The molecule has 1 aromatic carbocycles. The zero-order valence-corrected chi connectivity index (χ0v) is 9.08. The second kappa shape index (κ2) is 4.77. The molecule has 0 bridgehead atoms. The fourth-order valence-electron chi connectivity index (χ4n) is 1.76. The molecule has 1 aromatic heterocycles. The summed E-state index contributed by atoms with van der Waals surface area (Å²) in [6, 6.07) is 14.1. The lowest BCUT2D eigenvalue weighted by Gasteiger charge is -2.10. The van der Waals surface area contributed by atoms with E-state index in [1.807, 2.05) is 42.7 Å². The topological polar surface area (TPSA) is 55.9 Å². The average molecular weight is 214 g/mol. The summed E-state index contributed by atoms with van der Waals surface area (Å²) in [5, 5.41) is 0. The van der Waals surface area contributed by atoms with Gasteiger partial charge in [-0.1, -0.05) is 30.3 Å². The van der Waals surface area contributed by atoms with Crippen LogP contribution in [0.25, 0.3) is 0 Å². The molecule has 0 aliphatic rings. The van der Waals surface area contributed by atoms with Gasteiger partial charge in [-0.05, 0) is 0 Å². The van der Waals surface area contributed by atoms with E-state index >= 15 is 0 Å². The monoisotopic (exact) mass is 214 g/mol. The minimum atomic E-state index is 0.168. The molecule has 0 fully saturated rings. The highest BCUT2D eigenvalue weighted by molar-refractivity contribution is 5.32. The van der Waals surface area contributed by atoms with Gasteiger partial charge in [-0.25, -0.2) is 0 Å². The number of anilines is 1. The molecular formula is C13H16N3+. The molecule has 0 amide bonds. The Morgan fingerprint density at radius 2 is 1.62 bits per heavy atom. The molecule has 0 aliphatic carbocycles. The number of pyridine rings is 1. The van der Waals surface area contributed by atoms with Crippen molar-refractivity contribution in [1.29, 1.82) is 0 Å². The van der Waals surface area contributed by atoms with E-state index in [1.54, 1.807) is 0 Å². The predicted molar refractivity (Wildman–Crippen MR) is 64.7 cm³/mol. The van der Waals surface area contributed by atoms with E-state index in [0.29, 0.717) is 6.54 Å². The lowest BCUT2D eigenvalue weighted by Crippen LogP contribution is -2.43. The van der Waals surface area contributed by atoms with Crippen molar-refractivity contribution in [3.05, 3.63) is 60.4 Å². The van der Waals surface area contributed by atoms with Crippen LogP contribution >= 0.6 is 0 Å². The number of rotatable bonds is 3. The molecule has 1 heterocycles. The van der Waals surface area contributed by atoms with E-state index in [1.165, 1.54) is 5.56 Å². The van der Waals surface area contributed by atoms with Crippen LogP contribution in [-0.4, -0.2) is 6.54 Å². The van der Waals surface area contributed by atoms with Gasteiger partial charge >= 0.3 is 0 Å². The summed E-state index contributed by atoms with van der Waals surface area (Å²) in [5.74, 6) is 0. The van der Waals surface area contributed by atoms with E-state index in [4.69, 9.17) is 11.5 Å². The van der Waals surface area contributed by atoms with Crippen molar-refractivity contribution in [1.82, 2.24) is 0 Å². The first-order chi connectivity index (χ1) is 7.81. The third-order valence-corrected chi connectivity index (χ3v) is 2.65. The summed E-state index contributed by atoms with van der Waals surface area (Å²) in [6.45, 7) is 0.568. The third kappa shape index (κ3) is 2.20. The molecule has 2 rings (SSSR count). The van der Waals surface area contributed by atoms with Crippen molar-refractivity contribution >= 4 is 5.69 Å². The zero-order chi connectivity index (χ0) is 11.4. The fraction of sp³-hybridized carbons (Fsp3) is 0.154. The molecule has 0 aliphatic heterocycles. The van der Waals surface area contributed by atoms with Gasteiger partial charge in [0.1, 0.15) is 0 Å². The minimum absolute atomic E-state index is 0.168. The first-order valence-corrected chi connectivity index (χ1v) is 5.32. The van der Waals surface area contributed by atoms with Gasteiger partial charge in [0, 0.05) is 23.4 Å². The Hall–Kier alpha value is -1.87. The average Bonchev–Trinajstić information content (AvgIpc) is 2.34. The Morgan fingerprint density at radius 3 is 2.19 bits per heavy atom. The first-order valence-electron chi connectivity index (χ1n) is 5.32. The van der Waals surface area contributed by atoms with Crippen LogP contribution in [0.5, 0.6) is 0 Å². The summed E-state index contributed by atoms with van der Waals surface area (Å²) in [5.41, 5.74) is 13.5. The van der Waals surface area contributed by atoms with Gasteiger partial charge in [0.15, 0.2) is 18.4 Å². The lowest BCUT2D eigenvalue weighted by atomic mass is 10.1. The zero-order valence-electron chi connectivity index (χ0n) is 9.08. The maximum absolute atomic E-state index is 5.82. The van der Waals surface area contributed by atoms with E-state index in [9.17, 15) is 0 Å². The highest BCUT2D eigenvalue weighted by Crippen LogP contribution is 2.10. The largest absolute Gasteiger partial charge is 0.398 e. The highest BCUT2D eigenvalue weighted by atomic mass is 15.0. The van der Waals surface area contributed by atoms with E-state index in [0.717, 1.165) is 5.69 Å². The van der Waals surface area contributed by atoms with Gasteiger partial charge in [-0.2, -0.15) is 4.57 Å².